The number of benzene rings is 2. The molecule has 3 rings (SSSR count). The number of nitrogens with zero attached hydrogens (tertiary/aromatic N) is 1. The average molecular weight is 503 g/mol. The predicted molar refractivity (Wildman–Crippen MR) is 104 cm³/mol. The second-order valence-corrected chi connectivity index (χ2v) is 7.35. The number of carbonyl (C=O) groups excluding carboxylic acids is 1. The molecule has 0 saturated carbocycles. The van der Waals surface area contributed by atoms with Crippen LogP contribution < -0.4 is 0 Å². The molecular formula is C19H16F2INO5. The number of ketones is 1. The number of oxazole rings is 1. The Bertz CT molecular complexity index is 1010. The minimum atomic E-state index is -1.12. The van der Waals surface area contributed by atoms with Crippen molar-refractivity contribution in [2.75, 3.05) is 19.8 Å². The van der Waals surface area contributed by atoms with Crippen molar-refractivity contribution in [1.82, 2.24) is 4.98 Å². The molecule has 2 N–H and O–H groups in total. The zero-order valence-corrected chi connectivity index (χ0v) is 16.7. The highest BCUT2D eigenvalue weighted by molar-refractivity contribution is 14.1. The Hall–Kier alpha value is -1.95. The lowest BCUT2D eigenvalue weighted by molar-refractivity contribution is 0.00894. The fourth-order valence-corrected chi connectivity index (χ4v) is 3.15. The van der Waals surface area contributed by atoms with E-state index in [9.17, 15) is 14.3 Å². The molecule has 0 aliphatic carbocycles. The largest absolute Gasteiger partial charge is 0.443 e. The molecule has 6 nitrogen and oxygen atoms in total. The number of aromatic nitrogens is 1. The zero-order chi connectivity index (χ0) is 20.3. The van der Waals surface area contributed by atoms with Crippen molar-refractivity contribution >= 4 is 39.5 Å². The van der Waals surface area contributed by atoms with Gasteiger partial charge >= 0.3 is 0 Å². The fraction of sp³-hybridized carbons (Fsp3) is 0.263. The third-order valence-electron chi connectivity index (χ3n) is 4.11. The summed E-state index contributed by atoms with van der Waals surface area (Å²) in [6.45, 7) is -1.21. The lowest BCUT2D eigenvalue weighted by atomic mass is 9.95. The SMILES string of the molecule is O=C(COCC(O)CO)c1cc2ocnc2c(F)c1Cc1ccc(I)cc1F. The molecule has 1 heterocycles. The molecule has 1 atom stereocenters. The van der Waals surface area contributed by atoms with Gasteiger partial charge in [0.05, 0.1) is 13.2 Å². The van der Waals surface area contributed by atoms with Crippen molar-refractivity contribution in [2.24, 2.45) is 0 Å². The maximum atomic E-state index is 15.0. The number of ether oxygens (including phenoxy) is 1. The first kappa shape index (κ1) is 20.8. The van der Waals surface area contributed by atoms with Crippen LogP contribution in [0.5, 0.6) is 0 Å². The van der Waals surface area contributed by atoms with Crippen molar-refractivity contribution < 1.29 is 32.9 Å². The Labute approximate surface area is 172 Å². The first-order valence-corrected chi connectivity index (χ1v) is 9.37. The Kier molecular flexibility index (Phi) is 6.70. The minimum absolute atomic E-state index is 0.0156. The van der Waals surface area contributed by atoms with Crippen LogP contribution >= 0.6 is 22.6 Å². The smallest absolute Gasteiger partial charge is 0.188 e. The van der Waals surface area contributed by atoms with Gasteiger partial charge in [0.15, 0.2) is 23.6 Å². The van der Waals surface area contributed by atoms with E-state index in [4.69, 9.17) is 14.3 Å². The molecule has 28 heavy (non-hydrogen) atoms. The molecule has 2 aromatic carbocycles. The summed E-state index contributed by atoms with van der Waals surface area (Å²) in [4.78, 5) is 16.4. The van der Waals surface area contributed by atoms with Gasteiger partial charge in [-0.2, -0.15) is 0 Å². The van der Waals surface area contributed by atoms with Crippen LogP contribution in [-0.2, 0) is 11.2 Å². The van der Waals surface area contributed by atoms with Gasteiger partial charge in [0, 0.05) is 21.1 Å². The lowest BCUT2D eigenvalue weighted by Gasteiger charge is -2.12. The Morgan fingerprint density at radius 2 is 2.11 bits per heavy atom. The normalized spacial score (nSPS) is 12.5. The second kappa shape index (κ2) is 9.03. The van der Waals surface area contributed by atoms with E-state index in [1.807, 2.05) is 22.6 Å². The van der Waals surface area contributed by atoms with Crippen molar-refractivity contribution in [3.63, 3.8) is 0 Å². The fourth-order valence-electron chi connectivity index (χ4n) is 2.70. The van der Waals surface area contributed by atoms with Crippen LogP contribution in [0, 0.1) is 15.2 Å². The van der Waals surface area contributed by atoms with Gasteiger partial charge in [-0.3, -0.25) is 4.79 Å². The van der Waals surface area contributed by atoms with Gasteiger partial charge in [0.2, 0.25) is 0 Å². The summed E-state index contributed by atoms with van der Waals surface area (Å²) in [7, 11) is 0. The molecule has 0 saturated heterocycles. The molecule has 0 fully saturated rings. The number of halogens is 3. The molecule has 0 aliphatic rings. The summed E-state index contributed by atoms with van der Waals surface area (Å²) in [5, 5.41) is 18.1. The molecule has 1 aromatic heterocycles. The number of hydrogen-bond donors (Lipinski definition) is 2. The third kappa shape index (κ3) is 4.54. The molecule has 1 unspecified atom stereocenters. The summed E-state index contributed by atoms with van der Waals surface area (Å²) in [5.74, 6) is -1.83. The van der Waals surface area contributed by atoms with Gasteiger partial charge in [-0.1, -0.05) is 6.07 Å². The lowest BCUT2D eigenvalue weighted by Crippen LogP contribution is -2.22. The third-order valence-corrected chi connectivity index (χ3v) is 4.78. The van der Waals surface area contributed by atoms with Gasteiger partial charge in [0.25, 0.3) is 0 Å². The summed E-state index contributed by atoms with van der Waals surface area (Å²) >= 11 is 1.97. The van der Waals surface area contributed by atoms with E-state index in [1.54, 1.807) is 6.07 Å². The Morgan fingerprint density at radius 1 is 1.32 bits per heavy atom. The molecule has 9 heteroatoms. The summed E-state index contributed by atoms with van der Waals surface area (Å²) in [5.41, 5.74) is 0.237. The number of aliphatic hydroxyl groups is 2. The minimum Gasteiger partial charge on any atom is -0.443 e. The van der Waals surface area contributed by atoms with Crippen molar-refractivity contribution in [1.29, 1.82) is 0 Å². The number of rotatable bonds is 8. The summed E-state index contributed by atoms with van der Waals surface area (Å²) in [6.07, 6.45) is -0.218. The highest BCUT2D eigenvalue weighted by atomic mass is 127. The van der Waals surface area contributed by atoms with Gasteiger partial charge in [-0.25, -0.2) is 13.8 Å². The van der Waals surface area contributed by atoms with Crippen LogP contribution in [0.1, 0.15) is 21.5 Å². The molecule has 0 spiro atoms. The summed E-state index contributed by atoms with van der Waals surface area (Å²) in [6, 6.07) is 5.89. The number of aliphatic hydroxyl groups excluding tert-OH is 2. The number of fused-ring (bicyclic) bond motifs is 1. The van der Waals surface area contributed by atoms with Gasteiger partial charge in [0.1, 0.15) is 24.0 Å². The van der Waals surface area contributed by atoms with Crippen LogP contribution in [0.3, 0.4) is 0 Å². The quantitative estimate of drug-likeness (QED) is 0.363. The Balaban J connectivity index is 1.96. The van der Waals surface area contributed by atoms with Crippen molar-refractivity contribution in [3.8, 4) is 0 Å². The molecule has 0 bridgehead atoms. The van der Waals surface area contributed by atoms with E-state index in [0.717, 1.165) is 6.39 Å². The molecule has 3 aromatic rings. The summed E-state index contributed by atoms with van der Waals surface area (Å²) < 4.78 is 40.1. The molecular weight excluding hydrogens is 487 g/mol. The number of Topliss-reactive ketones (excluding diaryl/α,β-unsaturated/α-hetero) is 1. The maximum Gasteiger partial charge on any atom is 0.188 e. The molecule has 0 radical (unpaired) electrons. The van der Waals surface area contributed by atoms with E-state index in [1.165, 1.54) is 18.2 Å². The number of carbonyl (C=O) groups is 1. The van der Waals surface area contributed by atoms with Crippen LogP contribution in [0.25, 0.3) is 11.1 Å². The van der Waals surface area contributed by atoms with Crippen LogP contribution in [0.2, 0.25) is 0 Å². The van der Waals surface area contributed by atoms with Gasteiger partial charge in [-0.05, 0) is 46.4 Å². The average Bonchev–Trinajstić information content (AvgIpc) is 3.14. The predicted octanol–water partition coefficient (Wildman–Crippen LogP) is 2.85. The van der Waals surface area contributed by atoms with E-state index >= 15 is 4.39 Å². The topological polar surface area (TPSA) is 92.8 Å². The van der Waals surface area contributed by atoms with Crippen molar-refractivity contribution in [2.45, 2.75) is 12.5 Å². The van der Waals surface area contributed by atoms with Crippen LogP contribution in [-0.4, -0.2) is 46.9 Å². The van der Waals surface area contributed by atoms with E-state index in [-0.39, 0.29) is 40.8 Å². The first-order valence-electron chi connectivity index (χ1n) is 8.29. The van der Waals surface area contributed by atoms with Gasteiger partial charge < -0.3 is 19.4 Å². The first-order chi connectivity index (χ1) is 13.4. The Morgan fingerprint density at radius 3 is 2.82 bits per heavy atom. The highest BCUT2D eigenvalue weighted by Gasteiger charge is 2.22. The van der Waals surface area contributed by atoms with Crippen LogP contribution in [0.4, 0.5) is 8.78 Å². The van der Waals surface area contributed by atoms with Crippen LogP contribution in [0.15, 0.2) is 35.1 Å². The molecule has 148 valence electrons. The number of hydrogen-bond acceptors (Lipinski definition) is 6. The second-order valence-electron chi connectivity index (χ2n) is 6.10. The van der Waals surface area contributed by atoms with E-state index in [2.05, 4.69) is 4.98 Å². The maximum absolute atomic E-state index is 15.0. The monoisotopic (exact) mass is 503 g/mol. The molecule has 0 aliphatic heterocycles. The van der Waals surface area contributed by atoms with Gasteiger partial charge in [-0.15, -0.1) is 0 Å². The zero-order valence-electron chi connectivity index (χ0n) is 14.5. The van der Waals surface area contributed by atoms with E-state index in [0.29, 0.717) is 3.57 Å². The van der Waals surface area contributed by atoms with E-state index < -0.39 is 36.7 Å². The highest BCUT2D eigenvalue weighted by Crippen LogP contribution is 2.27. The molecule has 0 amide bonds. The van der Waals surface area contributed by atoms with Crippen molar-refractivity contribution in [3.05, 3.63) is 62.6 Å². The standard InChI is InChI=1S/C19H16F2INO5/c20-15-4-11(22)2-1-10(15)3-14-13(16(26)8-27-7-12(25)6-24)5-17-19(18(14)21)23-9-28-17/h1-2,4-5,9,12,24-25H,3,6-8H2.